The predicted molar refractivity (Wildman–Crippen MR) is 53.9 cm³/mol. The summed E-state index contributed by atoms with van der Waals surface area (Å²) in [6, 6.07) is 0. The molecule has 0 amide bonds. The summed E-state index contributed by atoms with van der Waals surface area (Å²) in [7, 11) is 0. The summed E-state index contributed by atoms with van der Waals surface area (Å²) in [5, 5.41) is 0. The fourth-order valence-corrected chi connectivity index (χ4v) is 2.12. The lowest BCUT2D eigenvalue weighted by molar-refractivity contribution is 0.510. The maximum Gasteiger partial charge on any atom is 0.109 e. The van der Waals surface area contributed by atoms with Crippen LogP contribution in [0.4, 0.5) is 0 Å². The number of nitrogens with zero attached hydrogens (tertiary/aromatic N) is 2. The number of hydrogen-bond acceptors (Lipinski definition) is 1. The molecule has 0 aromatic carbocycles. The zero-order valence-corrected chi connectivity index (χ0v) is 8.64. The Bertz CT molecular complexity index is 299. The average molecular weight is 178 g/mol. The van der Waals surface area contributed by atoms with Crippen molar-refractivity contribution in [2.45, 2.75) is 52.5 Å². The quantitative estimate of drug-likeness (QED) is 0.597. The molecule has 0 saturated heterocycles. The highest BCUT2D eigenvalue weighted by Crippen LogP contribution is 2.17. The van der Waals surface area contributed by atoms with Gasteiger partial charge in [0.25, 0.3) is 0 Å². The van der Waals surface area contributed by atoms with E-state index < -0.39 is 0 Å². The number of hydrogen-bond donors (Lipinski definition) is 0. The zero-order chi connectivity index (χ0) is 9.26. The standard InChI is InChI=1S/C11H18N2/c1-9-10(2)13-8-6-4-3-5-7-11(13)12-9/h3-8H2,1-2H3. The van der Waals surface area contributed by atoms with Crippen molar-refractivity contribution in [3.8, 4) is 0 Å². The summed E-state index contributed by atoms with van der Waals surface area (Å²) < 4.78 is 2.41. The lowest BCUT2D eigenvalue weighted by Crippen LogP contribution is -2.08. The number of aromatic nitrogens is 2. The Kier molecular flexibility index (Phi) is 2.38. The van der Waals surface area contributed by atoms with Gasteiger partial charge in [0.05, 0.1) is 5.69 Å². The van der Waals surface area contributed by atoms with Crippen molar-refractivity contribution < 1.29 is 0 Å². The minimum absolute atomic E-state index is 1.18. The summed E-state index contributed by atoms with van der Waals surface area (Å²) in [6.45, 7) is 5.49. The van der Waals surface area contributed by atoms with Crippen molar-refractivity contribution in [2.75, 3.05) is 0 Å². The highest BCUT2D eigenvalue weighted by molar-refractivity contribution is 5.14. The van der Waals surface area contributed by atoms with E-state index in [-0.39, 0.29) is 0 Å². The molecule has 0 N–H and O–H groups in total. The molecule has 1 aliphatic heterocycles. The molecule has 2 rings (SSSR count). The Labute approximate surface area is 80.0 Å². The number of fused-ring (bicyclic) bond motifs is 1. The first-order valence-electron chi connectivity index (χ1n) is 5.31. The van der Waals surface area contributed by atoms with Crippen molar-refractivity contribution in [3.63, 3.8) is 0 Å². The first-order valence-corrected chi connectivity index (χ1v) is 5.31. The first-order chi connectivity index (χ1) is 6.29. The van der Waals surface area contributed by atoms with Crippen molar-refractivity contribution in [1.29, 1.82) is 0 Å². The van der Waals surface area contributed by atoms with E-state index in [2.05, 4.69) is 23.4 Å². The molecule has 0 saturated carbocycles. The van der Waals surface area contributed by atoms with Gasteiger partial charge in [0, 0.05) is 18.7 Å². The molecule has 2 nitrogen and oxygen atoms in total. The number of rotatable bonds is 0. The van der Waals surface area contributed by atoms with Gasteiger partial charge in [0.1, 0.15) is 5.82 Å². The van der Waals surface area contributed by atoms with Crippen LogP contribution in [0.25, 0.3) is 0 Å². The third-order valence-electron chi connectivity index (χ3n) is 3.07. The van der Waals surface area contributed by atoms with Crippen LogP contribution in [0, 0.1) is 13.8 Å². The van der Waals surface area contributed by atoms with E-state index in [4.69, 9.17) is 0 Å². The van der Waals surface area contributed by atoms with E-state index in [0.717, 1.165) is 0 Å². The van der Waals surface area contributed by atoms with Gasteiger partial charge in [-0.15, -0.1) is 0 Å². The molecule has 0 spiro atoms. The van der Waals surface area contributed by atoms with E-state index in [0.29, 0.717) is 0 Å². The maximum atomic E-state index is 4.62. The zero-order valence-electron chi connectivity index (χ0n) is 8.64. The molecule has 2 heteroatoms. The summed E-state index contributed by atoms with van der Waals surface area (Å²) >= 11 is 0. The number of imidazole rings is 1. The van der Waals surface area contributed by atoms with Crippen LogP contribution in [-0.2, 0) is 13.0 Å². The molecule has 0 aliphatic carbocycles. The van der Waals surface area contributed by atoms with E-state index in [1.165, 1.54) is 55.9 Å². The average Bonchev–Trinajstić information content (AvgIpc) is 2.31. The SMILES string of the molecule is Cc1nc2n(c1C)CCCCCC2. The van der Waals surface area contributed by atoms with Gasteiger partial charge in [-0.05, 0) is 26.7 Å². The summed E-state index contributed by atoms with van der Waals surface area (Å²) in [6.07, 6.45) is 6.58. The van der Waals surface area contributed by atoms with Gasteiger partial charge in [-0.1, -0.05) is 12.8 Å². The summed E-state index contributed by atoms with van der Waals surface area (Å²) in [5.41, 5.74) is 2.59. The van der Waals surface area contributed by atoms with Gasteiger partial charge >= 0.3 is 0 Å². The Morgan fingerprint density at radius 3 is 2.69 bits per heavy atom. The molecule has 1 aromatic heterocycles. The van der Waals surface area contributed by atoms with Crippen LogP contribution in [0.5, 0.6) is 0 Å². The van der Waals surface area contributed by atoms with Crippen LogP contribution in [-0.4, -0.2) is 9.55 Å². The minimum atomic E-state index is 1.18. The second-order valence-electron chi connectivity index (χ2n) is 4.01. The largest absolute Gasteiger partial charge is 0.332 e. The van der Waals surface area contributed by atoms with Crippen LogP contribution in [0.2, 0.25) is 0 Å². The molecule has 1 aliphatic rings. The van der Waals surface area contributed by atoms with Crippen molar-refractivity contribution in [1.82, 2.24) is 9.55 Å². The van der Waals surface area contributed by atoms with E-state index in [1.807, 2.05) is 0 Å². The molecule has 0 atom stereocenters. The molecular weight excluding hydrogens is 160 g/mol. The lowest BCUT2D eigenvalue weighted by atomic mass is 10.1. The molecule has 2 heterocycles. The second-order valence-corrected chi connectivity index (χ2v) is 4.01. The van der Waals surface area contributed by atoms with Gasteiger partial charge < -0.3 is 4.57 Å². The van der Waals surface area contributed by atoms with Crippen molar-refractivity contribution >= 4 is 0 Å². The van der Waals surface area contributed by atoms with Crippen molar-refractivity contribution in [3.05, 3.63) is 17.2 Å². The third-order valence-corrected chi connectivity index (χ3v) is 3.07. The van der Waals surface area contributed by atoms with Gasteiger partial charge in [0.15, 0.2) is 0 Å². The molecule has 0 fully saturated rings. The Hall–Kier alpha value is -0.790. The first kappa shape index (κ1) is 8.79. The third kappa shape index (κ3) is 1.62. The molecule has 0 radical (unpaired) electrons. The van der Waals surface area contributed by atoms with Crippen LogP contribution < -0.4 is 0 Å². The second kappa shape index (κ2) is 3.52. The topological polar surface area (TPSA) is 17.8 Å². The fourth-order valence-electron chi connectivity index (χ4n) is 2.12. The van der Waals surface area contributed by atoms with Crippen molar-refractivity contribution in [2.24, 2.45) is 0 Å². The van der Waals surface area contributed by atoms with Crippen LogP contribution in [0.15, 0.2) is 0 Å². The Balaban J connectivity index is 2.33. The molecule has 72 valence electrons. The van der Waals surface area contributed by atoms with Crippen LogP contribution in [0.3, 0.4) is 0 Å². The number of aryl methyl sites for hydroxylation is 2. The maximum absolute atomic E-state index is 4.62. The molecular formula is C11H18N2. The highest BCUT2D eigenvalue weighted by atomic mass is 15.1. The summed E-state index contributed by atoms with van der Waals surface area (Å²) in [4.78, 5) is 4.62. The Morgan fingerprint density at radius 2 is 1.85 bits per heavy atom. The predicted octanol–water partition coefficient (Wildman–Crippen LogP) is 2.62. The molecule has 0 bridgehead atoms. The smallest absolute Gasteiger partial charge is 0.109 e. The van der Waals surface area contributed by atoms with Crippen LogP contribution in [0.1, 0.15) is 42.9 Å². The fraction of sp³-hybridized carbons (Fsp3) is 0.727. The minimum Gasteiger partial charge on any atom is -0.332 e. The van der Waals surface area contributed by atoms with E-state index >= 15 is 0 Å². The Morgan fingerprint density at radius 1 is 1.08 bits per heavy atom. The molecule has 1 aromatic rings. The molecule has 0 unspecified atom stereocenters. The summed E-state index contributed by atoms with van der Waals surface area (Å²) in [5.74, 6) is 1.31. The monoisotopic (exact) mass is 178 g/mol. The lowest BCUT2D eigenvalue weighted by Gasteiger charge is -2.13. The van der Waals surface area contributed by atoms with Gasteiger partial charge in [-0.3, -0.25) is 0 Å². The molecule has 13 heavy (non-hydrogen) atoms. The van der Waals surface area contributed by atoms with E-state index in [1.54, 1.807) is 0 Å². The normalized spacial score (nSPS) is 17.7. The van der Waals surface area contributed by atoms with Gasteiger partial charge in [-0.2, -0.15) is 0 Å². The van der Waals surface area contributed by atoms with Gasteiger partial charge in [-0.25, -0.2) is 4.98 Å². The van der Waals surface area contributed by atoms with Crippen LogP contribution >= 0.6 is 0 Å². The highest BCUT2D eigenvalue weighted by Gasteiger charge is 2.11. The van der Waals surface area contributed by atoms with E-state index in [9.17, 15) is 0 Å². The van der Waals surface area contributed by atoms with Gasteiger partial charge in [0.2, 0.25) is 0 Å².